The lowest BCUT2D eigenvalue weighted by atomic mass is 9.74. The lowest BCUT2D eigenvalue weighted by molar-refractivity contribution is -0.141. The van der Waals surface area contributed by atoms with E-state index in [1.807, 2.05) is 0 Å². The van der Waals surface area contributed by atoms with Crippen molar-refractivity contribution in [2.45, 2.75) is 109 Å². The smallest absolute Gasteiger partial charge is 0.305 e. The number of ketones is 1. The first-order chi connectivity index (χ1) is 20.5. The summed E-state index contributed by atoms with van der Waals surface area (Å²) in [6.45, 7) is 0.208. The summed E-state index contributed by atoms with van der Waals surface area (Å²) in [5.74, 6) is -11.3. The van der Waals surface area contributed by atoms with Gasteiger partial charge in [0.1, 0.15) is 18.7 Å². The van der Waals surface area contributed by atoms with Gasteiger partial charge in [-0.15, -0.1) is 0 Å². The number of ether oxygens (including phenoxy) is 1. The number of carbonyl (C=O) groups excluding carboxylic acids is 3. The van der Waals surface area contributed by atoms with E-state index in [9.17, 15) is 41.8 Å². The summed E-state index contributed by atoms with van der Waals surface area (Å²) in [4.78, 5) is 49.7. The number of amides is 2. The van der Waals surface area contributed by atoms with Gasteiger partial charge in [-0.2, -0.15) is 8.78 Å². The summed E-state index contributed by atoms with van der Waals surface area (Å²) in [5, 5.41) is 14.1. The van der Waals surface area contributed by atoms with Crippen molar-refractivity contribution in [1.29, 1.82) is 0 Å². The molecular weight excluding hydrogens is 572 g/mol. The standard InChI is InChI=1S/C31H42F4N2O6/c1-18(36-31(42)21-13-7-11-20(12-8-14-21)19-9-5-3-2-4-6-10-19)30(41)37-24(16-26(39)40)25(38)17-43-29-27(34)22(32)15-23(33)28(29)35/h15,18-21,24H,2-14,16-17H2,1H3,(H,36,42)(H,37,41)(H,39,40)/t18-,20?,21?,24-/m0/s1. The number of hydrogen-bond acceptors (Lipinski definition) is 5. The topological polar surface area (TPSA) is 122 Å². The Morgan fingerprint density at radius 2 is 1.33 bits per heavy atom. The van der Waals surface area contributed by atoms with Crippen LogP contribution < -0.4 is 15.4 Å². The number of benzene rings is 1. The molecule has 12 heteroatoms. The Kier molecular flexibility index (Phi) is 13.3. The van der Waals surface area contributed by atoms with E-state index in [2.05, 4.69) is 15.4 Å². The highest BCUT2D eigenvalue weighted by Crippen LogP contribution is 2.37. The van der Waals surface area contributed by atoms with Crippen molar-refractivity contribution >= 4 is 23.6 Å². The van der Waals surface area contributed by atoms with Crippen molar-refractivity contribution in [3.8, 4) is 5.75 Å². The van der Waals surface area contributed by atoms with Crippen molar-refractivity contribution in [2.75, 3.05) is 6.61 Å². The van der Waals surface area contributed by atoms with E-state index in [1.165, 1.54) is 51.9 Å². The summed E-state index contributed by atoms with van der Waals surface area (Å²) >= 11 is 0. The van der Waals surface area contributed by atoms with Gasteiger partial charge in [0.05, 0.1) is 6.42 Å². The van der Waals surface area contributed by atoms with Gasteiger partial charge < -0.3 is 20.5 Å². The van der Waals surface area contributed by atoms with Crippen molar-refractivity contribution in [3.63, 3.8) is 0 Å². The monoisotopic (exact) mass is 614 g/mol. The van der Waals surface area contributed by atoms with Crippen LogP contribution in [-0.2, 0) is 19.2 Å². The second kappa shape index (κ2) is 16.6. The van der Waals surface area contributed by atoms with Gasteiger partial charge in [0.2, 0.25) is 23.4 Å². The van der Waals surface area contributed by atoms with Crippen LogP contribution in [0.3, 0.4) is 0 Å². The van der Waals surface area contributed by atoms with Gasteiger partial charge >= 0.3 is 5.97 Å². The summed E-state index contributed by atoms with van der Waals surface area (Å²) in [7, 11) is 0. The minimum Gasteiger partial charge on any atom is -0.481 e. The number of hydrogen-bond donors (Lipinski definition) is 3. The van der Waals surface area contributed by atoms with Crippen LogP contribution in [0.25, 0.3) is 0 Å². The van der Waals surface area contributed by atoms with Crippen molar-refractivity contribution in [3.05, 3.63) is 29.3 Å². The van der Waals surface area contributed by atoms with Crippen LogP contribution in [-0.4, -0.2) is 47.4 Å². The number of carbonyl (C=O) groups is 4. The van der Waals surface area contributed by atoms with Gasteiger partial charge in [-0.05, 0) is 31.6 Å². The molecular formula is C31H42F4N2O6. The average molecular weight is 615 g/mol. The highest BCUT2D eigenvalue weighted by Gasteiger charge is 2.31. The first kappa shape index (κ1) is 34.3. The quantitative estimate of drug-likeness (QED) is 0.220. The van der Waals surface area contributed by atoms with Gasteiger partial charge in [-0.3, -0.25) is 19.2 Å². The molecule has 240 valence electrons. The number of carboxylic acids is 1. The molecule has 43 heavy (non-hydrogen) atoms. The SMILES string of the molecule is C[C@H](NC(=O)C1CCCC(C2CCCCCCC2)CCC1)C(=O)N[C@@H](CC(=O)O)C(=O)COc1c(F)c(F)cc(F)c1F. The van der Waals surface area contributed by atoms with Crippen LogP contribution in [0, 0.1) is 41.0 Å². The van der Waals surface area contributed by atoms with E-state index in [1.54, 1.807) is 0 Å². The second-order valence-corrected chi connectivity index (χ2v) is 11.9. The third kappa shape index (κ3) is 10.2. The Morgan fingerprint density at radius 3 is 1.86 bits per heavy atom. The van der Waals surface area contributed by atoms with Crippen molar-refractivity contribution in [1.82, 2.24) is 10.6 Å². The Morgan fingerprint density at radius 1 is 0.814 bits per heavy atom. The number of Topliss-reactive ketones (excluding diaryl/α,β-unsaturated/α-hetero) is 1. The van der Waals surface area contributed by atoms with Gasteiger partial charge in [0, 0.05) is 12.0 Å². The molecule has 2 atom stereocenters. The van der Waals surface area contributed by atoms with Crippen molar-refractivity contribution < 1.29 is 46.6 Å². The van der Waals surface area contributed by atoms with E-state index in [0.29, 0.717) is 18.8 Å². The van der Waals surface area contributed by atoms with E-state index < -0.39 is 71.8 Å². The molecule has 0 saturated heterocycles. The van der Waals surface area contributed by atoms with Crippen LogP contribution >= 0.6 is 0 Å². The molecule has 0 radical (unpaired) electrons. The molecule has 2 aliphatic carbocycles. The predicted molar refractivity (Wildman–Crippen MR) is 149 cm³/mol. The predicted octanol–water partition coefficient (Wildman–Crippen LogP) is 5.60. The Balaban J connectivity index is 1.52. The van der Waals surface area contributed by atoms with E-state index in [4.69, 9.17) is 0 Å². The Labute approximate surface area is 249 Å². The first-order valence-corrected chi connectivity index (χ1v) is 15.3. The van der Waals surface area contributed by atoms with E-state index in [0.717, 1.165) is 31.6 Å². The molecule has 1 aromatic rings. The maximum atomic E-state index is 13.9. The highest BCUT2D eigenvalue weighted by atomic mass is 19.2. The van der Waals surface area contributed by atoms with E-state index in [-0.39, 0.29) is 17.9 Å². The second-order valence-electron chi connectivity index (χ2n) is 11.9. The molecule has 3 N–H and O–H groups in total. The zero-order valence-corrected chi connectivity index (χ0v) is 24.6. The number of carboxylic acid groups (broad SMARTS) is 1. The Hall–Kier alpha value is -3.18. The van der Waals surface area contributed by atoms with Gasteiger partial charge in [-0.1, -0.05) is 70.6 Å². The number of nitrogens with one attached hydrogen (secondary N) is 2. The number of halogens is 4. The van der Waals surface area contributed by atoms with Crippen LogP contribution in [0.1, 0.15) is 96.8 Å². The number of aliphatic carboxylic acids is 1. The number of rotatable bonds is 11. The highest BCUT2D eigenvalue weighted by molar-refractivity contribution is 5.95. The molecule has 2 saturated carbocycles. The summed E-state index contributed by atoms with van der Waals surface area (Å²) in [6.07, 6.45) is 13.6. The minimum atomic E-state index is -1.87. The molecule has 0 unspecified atom stereocenters. The van der Waals surface area contributed by atoms with Crippen LogP contribution in [0.2, 0.25) is 0 Å². The van der Waals surface area contributed by atoms with Crippen LogP contribution in [0.4, 0.5) is 17.6 Å². The molecule has 0 heterocycles. The zero-order chi connectivity index (χ0) is 31.5. The van der Waals surface area contributed by atoms with Crippen molar-refractivity contribution in [2.24, 2.45) is 17.8 Å². The largest absolute Gasteiger partial charge is 0.481 e. The summed E-state index contributed by atoms with van der Waals surface area (Å²) in [5.41, 5.74) is 0. The Bertz CT molecular complexity index is 1110. The van der Waals surface area contributed by atoms with Gasteiger partial charge in [0.25, 0.3) is 0 Å². The maximum absolute atomic E-state index is 13.9. The molecule has 2 fully saturated rings. The van der Waals surface area contributed by atoms with Crippen LogP contribution in [0.15, 0.2) is 6.07 Å². The molecule has 2 amide bonds. The minimum absolute atomic E-state index is 0.0324. The zero-order valence-electron chi connectivity index (χ0n) is 24.6. The molecule has 0 aliphatic heterocycles. The molecule has 3 rings (SSSR count). The molecule has 8 nitrogen and oxygen atoms in total. The lowest BCUT2D eigenvalue weighted by Crippen LogP contribution is -2.52. The van der Waals surface area contributed by atoms with Gasteiger partial charge in [0.15, 0.2) is 23.2 Å². The fourth-order valence-electron chi connectivity index (χ4n) is 6.27. The molecule has 0 spiro atoms. The van der Waals surface area contributed by atoms with E-state index >= 15 is 0 Å². The fraction of sp³-hybridized carbons (Fsp3) is 0.677. The summed E-state index contributed by atoms with van der Waals surface area (Å²) < 4.78 is 59.2. The van der Waals surface area contributed by atoms with Crippen LogP contribution in [0.5, 0.6) is 5.75 Å². The molecule has 2 aliphatic rings. The maximum Gasteiger partial charge on any atom is 0.305 e. The molecule has 1 aromatic carbocycles. The summed E-state index contributed by atoms with van der Waals surface area (Å²) in [6, 6.07) is -2.84. The lowest BCUT2D eigenvalue weighted by Gasteiger charge is -2.32. The average Bonchev–Trinajstić information content (AvgIpc) is 2.91. The first-order valence-electron chi connectivity index (χ1n) is 15.3. The normalized spacial score (nSPS) is 21.7. The van der Waals surface area contributed by atoms with Gasteiger partial charge in [-0.25, -0.2) is 8.78 Å². The molecule has 0 bridgehead atoms. The molecule has 0 aromatic heterocycles. The third-order valence-electron chi connectivity index (χ3n) is 8.71. The fourth-order valence-corrected chi connectivity index (χ4v) is 6.27. The third-order valence-corrected chi connectivity index (χ3v) is 8.71.